The second kappa shape index (κ2) is 2.65. The average Bonchev–Trinajstić information content (AvgIpc) is 1.90. The summed E-state index contributed by atoms with van der Waals surface area (Å²) in [5.41, 5.74) is 2.70. The lowest BCUT2D eigenvalue weighted by atomic mass is 10.1. The Kier molecular flexibility index (Phi) is 1.84. The molecule has 0 aliphatic carbocycles. The molecule has 0 aromatic carbocycles. The Morgan fingerprint density at radius 3 is 3.00 bits per heavy atom. The molecule has 1 heterocycles. The highest BCUT2D eigenvalue weighted by Crippen LogP contribution is 2.03. The van der Waals surface area contributed by atoms with Crippen LogP contribution < -0.4 is 5.48 Å². The van der Waals surface area contributed by atoms with Crippen molar-refractivity contribution in [3.05, 3.63) is 0 Å². The predicted molar refractivity (Wildman–Crippen MR) is 27.7 cm³/mol. The van der Waals surface area contributed by atoms with Crippen LogP contribution in [0.1, 0.15) is 6.42 Å². The minimum Gasteiger partial charge on any atom is -0.300 e. The zero-order valence-electron chi connectivity index (χ0n) is 4.55. The Labute approximate surface area is 48.2 Å². The number of rotatable bonds is 0. The third kappa shape index (κ3) is 1.19. The molecular weight excluding hydrogens is 104 g/mol. The molecule has 3 heteroatoms. The third-order valence-electron chi connectivity index (χ3n) is 1.16. The van der Waals surface area contributed by atoms with Crippen LogP contribution in [0.4, 0.5) is 0 Å². The number of nitrogens with one attached hydrogen (secondary N) is 1. The van der Waals surface area contributed by atoms with Crippen LogP contribution in [-0.2, 0) is 4.84 Å². The molecule has 0 spiro atoms. The summed E-state index contributed by atoms with van der Waals surface area (Å²) in [5.74, 6) is 0.108. The normalized spacial score (nSPS) is 29.1. The van der Waals surface area contributed by atoms with E-state index in [1.165, 1.54) is 0 Å². The summed E-state index contributed by atoms with van der Waals surface area (Å²) in [6, 6.07) is 2.14. The lowest BCUT2D eigenvalue weighted by molar-refractivity contribution is -0.00521. The Morgan fingerprint density at radius 2 is 2.62 bits per heavy atom. The molecule has 44 valence electrons. The highest BCUT2D eigenvalue weighted by Gasteiger charge is 2.11. The van der Waals surface area contributed by atoms with Gasteiger partial charge in [0, 0.05) is 6.54 Å². The van der Waals surface area contributed by atoms with Gasteiger partial charge in [-0.25, -0.2) is 5.48 Å². The van der Waals surface area contributed by atoms with Crippen molar-refractivity contribution in [3.8, 4) is 6.07 Å². The fourth-order valence-electron chi connectivity index (χ4n) is 0.650. The molecule has 0 aromatic rings. The fourth-order valence-corrected chi connectivity index (χ4v) is 0.650. The zero-order chi connectivity index (χ0) is 5.82. The maximum atomic E-state index is 8.33. The van der Waals surface area contributed by atoms with Gasteiger partial charge in [0.1, 0.15) is 0 Å². The minimum absolute atomic E-state index is 0.108. The summed E-state index contributed by atoms with van der Waals surface area (Å²) in [5, 5.41) is 8.33. The van der Waals surface area contributed by atoms with Gasteiger partial charge in [0.05, 0.1) is 18.6 Å². The topological polar surface area (TPSA) is 45.0 Å². The summed E-state index contributed by atoms with van der Waals surface area (Å²) in [6.07, 6.45) is 0.913. The van der Waals surface area contributed by atoms with Crippen LogP contribution in [-0.4, -0.2) is 13.2 Å². The third-order valence-corrected chi connectivity index (χ3v) is 1.16. The Hall–Kier alpha value is -0.590. The quantitative estimate of drug-likeness (QED) is 0.481. The zero-order valence-corrected chi connectivity index (χ0v) is 4.55. The maximum absolute atomic E-state index is 8.33. The number of nitrogens with zero attached hydrogens (tertiary/aromatic N) is 1. The smallest absolute Gasteiger partial charge is 0.0840 e. The predicted octanol–water partition coefficient (Wildman–Crippen LogP) is 0.0511. The van der Waals surface area contributed by atoms with Gasteiger partial charge in [-0.15, -0.1) is 0 Å². The lowest BCUT2D eigenvalue weighted by Crippen LogP contribution is -2.28. The van der Waals surface area contributed by atoms with E-state index in [9.17, 15) is 0 Å². The highest BCUT2D eigenvalue weighted by atomic mass is 16.6. The Bertz CT molecular complexity index is 101. The summed E-state index contributed by atoms with van der Waals surface area (Å²) < 4.78 is 0. The molecule has 1 N–H and O–H groups in total. The number of nitriles is 1. The molecule has 1 unspecified atom stereocenters. The first-order valence-corrected chi connectivity index (χ1v) is 2.68. The molecule has 1 aliphatic rings. The minimum atomic E-state index is 0.108. The van der Waals surface area contributed by atoms with Crippen molar-refractivity contribution in [3.63, 3.8) is 0 Å². The average molecular weight is 112 g/mol. The molecule has 1 aliphatic heterocycles. The molecule has 0 aromatic heterocycles. The van der Waals surface area contributed by atoms with Crippen molar-refractivity contribution in [2.75, 3.05) is 13.2 Å². The molecule has 0 saturated carbocycles. The van der Waals surface area contributed by atoms with Crippen LogP contribution in [0, 0.1) is 17.2 Å². The number of hydrogen-bond acceptors (Lipinski definition) is 3. The molecule has 0 amide bonds. The van der Waals surface area contributed by atoms with E-state index in [0.717, 1.165) is 13.0 Å². The van der Waals surface area contributed by atoms with E-state index in [-0.39, 0.29) is 5.92 Å². The monoisotopic (exact) mass is 112 g/mol. The molecule has 1 fully saturated rings. The molecule has 1 saturated heterocycles. The van der Waals surface area contributed by atoms with Crippen LogP contribution in [0.2, 0.25) is 0 Å². The van der Waals surface area contributed by atoms with Gasteiger partial charge < -0.3 is 4.84 Å². The standard InChI is InChI=1S/C5H8N2O/c6-3-5-1-2-7-8-4-5/h5,7H,1-2,4H2. The maximum Gasteiger partial charge on any atom is 0.0840 e. The van der Waals surface area contributed by atoms with E-state index in [0.29, 0.717) is 6.61 Å². The van der Waals surface area contributed by atoms with Crippen LogP contribution in [0.15, 0.2) is 0 Å². The summed E-state index contributed by atoms with van der Waals surface area (Å²) in [7, 11) is 0. The molecule has 0 radical (unpaired) electrons. The van der Waals surface area contributed by atoms with E-state index in [2.05, 4.69) is 11.5 Å². The molecule has 1 atom stereocenters. The molecule has 0 bridgehead atoms. The van der Waals surface area contributed by atoms with Gasteiger partial charge in [-0.3, -0.25) is 0 Å². The van der Waals surface area contributed by atoms with Crippen molar-refractivity contribution in [1.82, 2.24) is 5.48 Å². The van der Waals surface area contributed by atoms with Crippen molar-refractivity contribution >= 4 is 0 Å². The first kappa shape index (κ1) is 5.54. The van der Waals surface area contributed by atoms with Crippen molar-refractivity contribution in [2.24, 2.45) is 5.92 Å². The van der Waals surface area contributed by atoms with Gasteiger partial charge in [-0.2, -0.15) is 5.26 Å². The molecule has 8 heavy (non-hydrogen) atoms. The van der Waals surface area contributed by atoms with Crippen molar-refractivity contribution in [1.29, 1.82) is 5.26 Å². The van der Waals surface area contributed by atoms with Gasteiger partial charge >= 0.3 is 0 Å². The van der Waals surface area contributed by atoms with Crippen molar-refractivity contribution < 1.29 is 4.84 Å². The van der Waals surface area contributed by atoms with Crippen LogP contribution in [0.25, 0.3) is 0 Å². The second-order valence-corrected chi connectivity index (χ2v) is 1.82. The van der Waals surface area contributed by atoms with Crippen LogP contribution in [0.3, 0.4) is 0 Å². The Morgan fingerprint density at radius 1 is 1.75 bits per heavy atom. The van der Waals surface area contributed by atoms with Crippen LogP contribution in [0.5, 0.6) is 0 Å². The second-order valence-electron chi connectivity index (χ2n) is 1.82. The van der Waals surface area contributed by atoms with Crippen LogP contribution >= 0.6 is 0 Å². The van der Waals surface area contributed by atoms with E-state index >= 15 is 0 Å². The molecule has 3 nitrogen and oxygen atoms in total. The van der Waals surface area contributed by atoms with Gasteiger partial charge in [0.2, 0.25) is 0 Å². The largest absolute Gasteiger partial charge is 0.300 e. The summed E-state index contributed by atoms with van der Waals surface area (Å²) >= 11 is 0. The SMILES string of the molecule is N#CC1CCNOC1. The van der Waals surface area contributed by atoms with Gasteiger partial charge in [-0.1, -0.05) is 0 Å². The van der Waals surface area contributed by atoms with E-state index < -0.39 is 0 Å². The fraction of sp³-hybridized carbons (Fsp3) is 0.800. The summed E-state index contributed by atoms with van der Waals surface area (Å²) in [4.78, 5) is 4.80. The van der Waals surface area contributed by atoms with E-state index in [1.807, 2.05) is 0 Å². The van der Waals surface area contributed by atoms with Gasteiger partial charge in [0.25, 0.3) is 0 Å². The lowest BCUT2D eigenvalue weighted by Gasteiger charge is -2.15. The molecular formula is C5H8N2O. The number of hydroxylamine groups is 1. The summed E-state index contributed by atoms with van der Waals surface area (Å²) in [6.45, 7) is 1.34. The van der Waals surface area contributed by atoms with E-state index in [4.69, 9.17) is 10.1 Å². The molecule has 1 rings (SSSR count). The highest BCUT2D eigenvalue weighted by molar-refractivity contribution is 4.83. The van der Waals surface area contributed by atoms with Gasteiger partial charge in [0.15, 0.2) is 0 Å². The number of hydrogen-bond donors (Lipinski definition) is 1. The van der Waals surface area contributed by atoms with Gasteiger partial charge in [-0.05, 0) is 6.42 Å². The Balaban J connectivity index is 2.25. The first-order chi connectivity index (χ1) is 3.93. The van der Waals surface area contributed by atoms with E-state index in [1.54, 1.807) is 0 Å². The van der Waals surface area contributed by atoms with Crippen molar-refractivity contribution in [2.45, 2.75) is 6.42 Å². The first-order valence-electron chi connectivity index (χ1n) is 2.68.